The Bertz CT molecular complexity index is 728. The Balaban J connectivity index is 1.65. The predicted molar refractivity (Wildman–Crippen MR) is 90.5 cm³/mol. The van der Waals surface area contributed by atoms with Gasteiger partial charge in [-0.3, -0.25) is 14.5 Å². The van der Waals surface area contributed by atoms with Gasteiger partial charge in [-0.2, -0.15) is 5.26 Å². The Labute approximate surface area is 146 Å². The quantitative estimate of drug-likeness (QED) is 0.823. The molecule has 3 rings (SSSR count). The lowest BCUT2D eigenvalue weighted by Gasteiger charge is -2.24. The van der Waals surface area contributed by atoms with Crippen molar-refractivity contribution in [1.29, 1.82) is 5.26 Å². The van der Waals surface area contributed by atoms with E-state index in [1.165, 1.54) is 0 Å². The van der Waals surface area contributed by atoms with E-state index in [4.69, 9.17) is 5.26 Å². The Hall–Kier alpha value is -2.88. The van der Waals surface area contributed by atoms with Crippen molar-refractivity contribution in [1.82, 2.24) is 10.2 Å². The van der Waals surface area contributed by atoms with Gasteiger partial charge in [0.1, 0.15) is 12.1 Å². The van der Waals surface area contributed by atoms with Crippen LogP contribution in [0.4, 0.5) is 10.5 Å². The highest BCUT2D eigenvalue weighted by atomic mass is 16.2. The molecule has 0 bridgehead atoms. The molecule has 0 radical (unpaired) electrons. The van der Waals surface area contributed by atoms with Crippen LogP contribution in [-0.4, -0.2) is 34.8 Å². The fraction of sp³-hybridized carbons (Fsp3) is 0.444. The molecule has 7 nitrogen and oxygen atoms in total. The van der Waals surface area contributed by atoms with Gasteiger partial charge in [-0.1, -0.05) is 25.7 Å². The van der Waals surface area contributed by atoms with E-state index in [0.29, 0.717) is 24.1 Å². The number of urea groups is 1. The summed E-state index contributed by atoms with van der Waals surface area (Å²) in [7, 11) is 0. The monoisotopic (exact) mass is 340 g/mol. The maximum absolute atomic E-state index is 12.7. The van der Waals surface area contributed by atoms with Gasteiger partial charge in [0, 0.05) is 5.69 Å². The normalized spacial score (nSPS) is 19.2. The predicted octanol–water partition coefficient (Wildman–Crippen LogP) is 2.14. The van der Waals surface area contributed by atoms with E-state index < -0.39 is 17.5 Å². The van der Waals surface area contributed by atoms with Crippen LogP contribution in [-0.2, 0) is 9.59 Å². The van der Waals surface area contributed by atoms with Crippen LogP contribution in [0.1, 0.15) is 44.1 Å². The molecule has 4 amide bonds. The maximum Gasteiger partial charge on any atom is 0.325 e. The van der Waals surface area contributed by atoms with Crippen LogP contribution in [0.3, 0.4) is 0 Å². The lowest BCUT2D eigenvalue weighted by Crippen LogP contribution is -2.47. The van der Waals surface area contributed by atoms with Gasteiger partial charge in [-0.15, -0.1) is 0 Å². The van der Waals surface area contributed by atoms with E-state index >= 15 is 0 Å². The second kappa shape index (κ2) is 6.93. The molecule has 0 aromatic heterocycles. The van der Waals surface area contributed by atoms with Gasteiger partial charge >= 0.3 is 6.03 Å². The standard InChI is InChI=1S/C18H20N4O3/c19-11-13-5-7-14(8-6-13)20-15(23)12-22-16(24)18(21-17(22)25)9-3-1-2-4-10-18/h5-8H,1-4,9-10,12H2,(H,20,23)(H,21,25). The number of amides is 4. The zero-order chi connectivity index (χ0) is 17.9. The molecule has 2 N–H and O–H groups in total. The second-order valence-electron chi connectivity index (χ2n) is 6.56. The summed E-state index contributed by atoms with van der Waals surface area (Å²) in [6.07, 6.45) is 5.18. The highest BCUT2D eigenvalue weighted by Gasteiger charge is 2.51. The molecule has 2 aliphatic rings. The molecular formula is C18H20N4O3. The van der Waals surface area contributed by atoms with Gasteiger partial charge in [0.15, 0.2) is 0 Å². The first-order valence-corrected chi connectivity index (χ1v) is 8.48. The first-order chi connectivity index (χ1) is 12.0. The molecule has 1 heterocycles. The first kappa shape index (κ1) is 17.0. The summed E-state index contributed by atoms with van der Waals surface area (Å²) in [5.74, 6) is -0.742. The zero-order valence-corrected chi connectivity index (χ0v) is 13.9. The van der Waals surface area contributed by atoms with E-state index in [-0.39, 0.29) is 12.5 Å². The molecular weight excluding hydrogens is 320 g/mol. The number of imide groups is 1. The Morgan fingerprint density at radius 1 is 1.16 bits per heavy atom. The number of hydrogen-bond donors (Lipinski definition) is 2. The molecule has 1 spiro atoms. The summed E-state index contributed by atoms with van der Waals surface area (Å²) in [4.78, 5) is 38.2. The van der Waals surface area contributed by atoms with E-state index in [9.17, 15) is 14.4 Å². The van der Waals surface area contributed by atoms with Crippen LogP contribution in [0.5, 0.6) is 0 Å². The number of benzene rings is 1. The van der Waals surface area contributed by atoms with E-state index in [0.717, 1.165) is 30.6 Å². The SMILES string of the molecule is N#Cc1ccc(NC(=O)CN2C(=O)NC3(CCCCCC3)C2=O)cc1. The minimum atomic E-state index is -0.831. The van der Waals surface area contributed by atoms with E-state index in [2.05, 4.69) is 10.6 Å². The second-order valence-corrected chi connectivity index (χ2v) is 6.56. The van der Waals surface area contributed by atoms with Crippen LogP contribution in [0.15, 0.2) is 24.3 Å². The zero-order valence-electron chi connectivity index (χ0n) is 13.9. The molecule has 130 valence electrons. The van der Waals surface area contributed by atoms with Crippen LogP contribution >= 0.6 is 0 Å². The fourth-order valence-corrected chi connectivity index (χ4v) is 3.46. The summed E-state index contributed by atoms with van der Waals surface area (Å²) in [6.45, 7) is -0.313. The number of nitrogens with one attached hydrogen (secondary N) is 2. The smallest absolute Gasteiger partial charge is 0.325 e. The van der Waals surface area contributed by atoms with Crippen molar-refractivity contribution in [2.24, 2.45) is 0 Å². The van der Waals surface area contributed by atoms with Crippen molar-refractivity contribution >= 4 is 23.5 Å². The van der Waals surface area contributed by atoms with Crippen LogP contribution < -0.4 is 10.6 Å². The number of nitrogens with zero attached hydrogens (tertiary/aromatic N) is 2. The van der Waals surface area contributed by atoms with Crippen molar-refractivity contribution in [3.8, 4) is 6.07 Å². The molecule has 25 heavy (non-hydrogen) atoms. The van der Waals surface area contributed by atoms with Gasteiger partial charge in [0.05, 0.1) is 11.6 Å². The van der Waals surface area contributed by atoms with Crippen molar-refractivity contribution in [3.05, 3.63) is 29.8 Å². The molecule has 0 unspecified atom stereocenters. The number of carbonyl (C=O) groups is 3. The van der Waals surface area contributed by atoms with Crippen molar-refractivity contribution in [3.63, 3.8) is 0 Å². The van der Waals surface area contributed by atoms with Crippen LogP contribution in [0.2, 0.25) is 0 Å². The summed E-state index contributed by atoms with van der Waals surface area (Å²) in [6, 6.07) is 7.89. The number of anilines is 1. The van der Waals surface area contributed by atoms with E-state index in [1.54, 1.807) is 24.3 Å². The van der Waals surface area contributed by atoms with Gasteiger partial charge in [0.2, 0.25) is 5.91 Å². The largest absolute Gasteiger partial charge is 0.325 e. The highest BCUT2D eigenvalue weighted by Crippen LogP contribution is 2.32. The lowest BCUT2D eigenvalue weighted by atomic mass is 9.90. The molecule has 1 aliphatic heterocycles. The Kier molecular flexibility index (Phi) is 4.70. The summed E-state index contributed by atoms with van der Waals surface area (Å²) >= 11 is 0. The topological polar surface area (TPSA) is 102 Å². The molecule has 1 aliphatic carbocycles. The lowest BCUT2D eigenvalue weighted by molar-refractivity contribution is -0.134. The van der Waals surface area contributed by atoms with Crippen LogP contribution in [0.25, 0.3) is 0 Å². The van der Waals surface area contributed by atoms with Crippen molar-refractivity contribution in [2.75, 3.05) is 11.9 Å². The molecule has 7 heteroatoms. The molecule has 1 aromatic rings. The third kappa shape index (κ3) is 3.48. The Morgan fingerprint density at radius 2 is 1.80 bits per heavy atom. The molecule has 1 aromatic carbocycles. The van der Waals surface area contributed by atoms with Gasteiger partial charge in [0.25, 0.3) is 5.91 Å². The molecule has 2 fully saturated rings. The average molecular weight is 340 g/mol. The molecule has 0 atom stereocenters. The number of carbonyl (C=O) groups excluding carboxylic acids is 3. The fourth-order valence-electron chi connectivity index (χ4n) is 3.46. The summed E-state index contributed by atoms with van der Waals surface area (Å²) < 4.78 is 0. The van der Waals surface area contributed by atoms with Crippen molar-refractivity contribution < 1.29 is 14.4 Å². The molecule has 1 saturated carbocycles. The third-order valence-electron chi connectivity index (χ3n) is 4.80. The van der Waals surface area contributed by atoms with Gasteiger partial charge < -0.3 is 10.6 Å². The maximum atomic E-state index is 12.7. The average Bonchev–Trinajstić information content (AvgIpc) is 2.77. The Morgan fingerprint density at radius 3 is 2.40 bits per heavy atom. The highest BCUT2D eigenvalue weighted by molar-refractivity contribution is 6.10. The summed E-state index contributed by atoms with van der Waals surface area (Å²) in [5, 5.41) is 14.2. The van der Waals surface area contributed by atoms with Gasteiger partial charge in [-0.25, -0.2) is 4.79 Å². The number of rotatable bonds is 3. The minimum Gasteiger partial charge on any atom is -0.325 e. The number of nitriles is 1. The van der Waals surface area contributed by atoms with Gasteiger partial charge in [-0.05, 0) is 37.1 Å². The van der Waals surface area contributed by atoms with E-state index in [1.807, 2.05) is 6.07 Å². The molecule has 1 saturated heterocycles. The van der Waals surface area contributed by atoms with Crippen molar-refractivity contribution in [2.45, 2.75) is 44.1 Å². The summed E-state index contributed by atoms with van der Waals surface area (Å²) in [5.41, 5.74) is 0.171. The third-order valence-corrected chi connectivity index (χ3v) is 4.80. The van der Waals surface area contributed by atoms with Crippen LogP contribution in [0, 0.1) is 11.3 Å². The number of hydrogen-bond acceptors (Lipinski definition) is 4. The minimum absolute atomic E-state index is 0.297. The first-order valence-electron chi connectivity index (χ1n) is 8.48.